The van der Waals surface area contributed by atoms with Crippen molar-refractivity contribution < 1.29 is 9.47 Å². The molecule has 1 N–H and O–H groups in total. The molecule has 0 unspecified atom stereocenters. The van der Waals surface area contributed by atoms with Crippen molar-refractivity contribution in [2.24, 2.45) is 0 Å². The maximum atomic E-state index is 5.59. The largest absolute Gasteiger partial charge is 0.348 e. The summed E-state index contributed by atoms with van der Waals surface area (Å²) in [6.07, 6.45) is 9.27. The molecule has 3 heteroatoms. The molecule has 0 bridgehead atoms. The van der Waals surface area contributed by atoms with E-state index in [2.05, 4.69) is 12.2 Å². The number of ether oxygens (including phenoxy) is 2. The van der Waals surface area contributed by atoms with Crippen LogP contribution < -0.4 is 5.32 Å². The standard InChI is InChI=1S/C13H25NO2/c1-13(15-10-11-16-13)8-9-14-12-6-4-2-3-5-7-12/h12,14H,2-11H2,1H3. The fourth-order valence-electron chi connectivity index (χ4n) is 2.69. The normalized spacial score (nSPS) is 26.8. The highest BCUT2D eigenvalue weighted by molar-refractivity contribution is 4.74. The third-order valence-electron chi connectivity index (χ3n) is 3.77. The molecular weight excluding hydrogens is 202 g/mol. The van der Waals surface area contributed by atoms with Crippen LogP contribution in [0.2, 0.25) is 0 Å². The Morgan fingerprint density at radius 2 is 1.69 bits per heavy atom. The predicted octanol–water partition coefficient (Wildman–Crippen LogP) is 2.45. The Morgan fingerprint density at radius 1 is 1.06 bits per heavy atom. The summed E-state index contributed by atoms with van der Waals surface area (Å²) in [6, 6.07) is 0.729. The van der Waals surface area contributed by atoms with Crippen LogP contribution in [0.3, 0.4) is 0 Å². The first-order valence-corrected chi connectivity index (χ1v) is 6.80. The van der Waals surface area contributed by atoms with Gasteiger partial charge in [0.05, 0.1) is 13.2 Å². The van der Waals surface area contributed by atoms with Crippen molar-refractivity contribution in [3.8, 4) is 0 Å². The van der Waals surface area contributed by atoms with Crippen molar-refractivity contribution in [1.29, 1.82) is 0 Å². The first kappa shape index (κ1) is 12.3. The maximum absolute atomic E-state index is 5.59. The van der Waals surface area contributed by atoms with Crippen molar-refractivity contribution >= 4 is 0 Å². The Balaban J connectivity index is 1.62. The van der Waals surface area contributed by atoms with Gasteiger partial charge in [0, 0.05) is 19.0 Å². The van der Waals surface area contributed by atoms with Crippen molar-refractivity contribution in [3.05, 3.63) is 0 Å². The molecule has 94 valence electrons. The highest BCUT2D eigenvalue weighted by Gasteiger charge is 2.30. The van der Waals surface area contributed by atoms with E-state index >= 15 is 0 Å². The summed E-state index contributed by atoms with van der Waals surface area (Å²) in [5.74, 6) is -0.322. The van der Waals surface area contributed by atoms with Crippen molar-refractivity contribution in [3.63, 3.8) is 0 Å². The minimum Gasteiger partial charge on any atom is -0.348 e. The molecule has 2 aliphatic rings. The number of rotatable bonds is 4. The molecule has 0 atom stereocenters. The van der Waals surface area contributed by atoms with Crippen molar-refractivity contribution in [2.45, 2.75) is 63.7 Å². The van der Waals surface area contributed by atoms with E-state index in [0.717, 1.165) is 32.2 Å². The van der Waals surface area contributed by atoms with Gasteiger partial charge in [0.2, 0.25) is 0 Å². The van der Waals surface area contributed by atoms with E-state index in [1.807, 2.05) is 0 Å². The summed E-state index contributed by atoms with van der Waals surface area (Å²) >= 11 is 0. The smallest absolute Gasteiger partial charge is 0.166 e. The second kappa shape index (κ2) is 5.99. The second-order valence-corrected chi connectivity index (χ2v) is 5.22. The molecule has 1 aliphatic heterocycles. The lowest BCUT2D eigenvalue weighted by Gasteiger charge is -2.24. The van der Waals surface area contributed by atoms with Gasteiger partial charge in [0.1, 0.15) is 0 Å². The van der Waals surface area contributed by atoms with Gasteiger partial charge in [0.25, 0.3) is 0 Å². The fourth-order valence-corrected chi connectivity index (χ4v) is 2.69. The Kier molecular flexibility index (Phi) is 4.62. The summed E-state index contributed by atoms with van der Waals surface area (Å²) in [4.78, 5) is 0. The van der Waals surface area contributed by atoms with Crippen molar-refractivity contribution in [2.75, 3.05) is 19.8 Å². The van der Waals surface area contributed by atoms with Gasteiger partial charge < -0.3 is 14.8 Å². The van der Waals surface area contributed by atoms with Crippen molar-refractivity contribution in [1.82, 2.24) is 5.32 Å². The average molecular weight is 227 g/mol. The predicted molar refractivity (Wildman–Crippen MR) is 64.4 cm³/mol. The van der Waals surface area contributed by atoms with Gasteiger partial charge in [-0.2, -0.15) is 0 Å². The molecule has 0 amide bonds. The maximum Gasteiger partial charge on any atom is 0.166 e. The lowest BCUT2D eigenvalue weighted by Crippen LogP contribution is -2.35. The molecule has 0 aromatic heterocycles. The highest BCUT2D eigenvalue weighted by atomic mass is 16.7. The molecule has 3 nitrogen and oxygen atoms in total. The van der Waals surface area contributed by atoms with Crippen LogP contribution in [-0.4, -0.2) is 31.6 Å². The van der Waals surface area contributed by atoms with E-state index in [0.29, 0.717) is 0 Å². The van der Waals surface area contributed by atoms with Gasteiger partial charge in [-0.3, -0.25) is 0 Å². The van der Waals surface area contributed by atoms with Crippen LogP contribution in [0.15, 0.2) is 0 Å². The van der Waals surface area contributed by atoms with Crippen LogP contribution in [-0.2, 0) is 9.47 Å². The number of hydrogen-bond acceptors (Lipinski definition) is 3. The zero-order valence-electron chi connectivity index (χ0n) is 10.5. The molecule has 0 spiro atoms. The topological polar surface area (TPSA) is 30.5 Å². The zero-order valence-corrected chi connectivity index (χ0v) is 10.5. The molecule has 16 heavy (non-hydrogen) atoms. The van der Waals surface area contributed by atoms with Gasteiger partial charge in [-0.05, 0) is 19.8 Å². The quantitative estimate of drug-likeness (QED) is 0.748. The van der Waals surface area contributed by atoms with E-state index in [1.165, 1.54) is 38.5 Å². The zero-order chi connectivity index (χ0) is 11.3. The molecule has 1 saturated heterocycles. The minimum atomic E-state index is -0.322. The summed E-state index contributed by atoms with van der Waals surface area (Å²) in [5, 5.41) is 3.65. The summed E-state index contributed by atoms with van der Waals surface area (Å²) in [7, 11) is 0. The van der Waals surface area contributed by atoms with E-state index in [9.17, 15) is 0 Å². The Bertz CT molecular complexity index is 194. The van der Waals surface area contributed by atoms with Gasteiger partial charge >= 0.3 is 0 Å². The first-order chi connectivity index (χ1) is 7.79. The Hall–Kier alpha value is -0.120. The third kappa shape index (κ3) is 3.72. The second-order valence-electron chi connectivity index (χ2n) is 5.22. The number of nitrogens with one attached hydrogen (secondary N) is 1. The molecule has 1 saturated carbocycles. The van der Waals surface area contributed by atoms with E-state index in [1.54, 1.807) is 0 Å². The Labute approximate surface area is 98.9 Å². The summed E-state index contributed by atoms with van der Waals surface area (Å²) in [5.41, 5.74) is 0. The molecule has 2 fully saturated rings. The SMILES string of the molecule is CC1(CCNC2CCCCCC2)OCCO1. The lowest BCUT2D eigenvalue weighted by atomic mass is 10.1. The number of hydrogen-bond donors (Lipinski definition) is 1. The summed E-state index contributed by atoms with van der Waals surface area (Å²) in [6.45, 7) is 4.57. The molecular formula is C13H25NO2. The highest BCUT2D eigenvalue weighted by Crippen LogP contribution is 2.22. The Morgan fingerprint density at radius 3 is 2.31 bits per heavy atom. The molecule has 1 heterocycles. The van der Waals surface area contributed by atoms with Gasteiger partial charge in [-0.15, -0.1) is 0 Å². The van der Waals surface area contributed by atoms with E-state index in [-0.39, 0.29) is 5.79 Å². The third-order valence-corrected chi connectivity index (χ3v) is 3.77. The first-order valence-electron chi connectivity index (χ1n) is 6.80. The molecule has 1 aliphatic carbocycles. The molecule has 0 aromatic carbocycles. The van der Waals surface area contributed by atoms with Gasteiger partial charge in [-0.1, -0.05) is 25.7 Å². The van der Waals surface area contributed by atoms with Crippen LogP contribution in [0.1, 0.15) is 51.9 Å². The molecule has 0 aromatic rings. The lowest BCUT2D eigenvalue weighted by molar-refractivity contribution is -0.145. The summed E-state index contributed by atoms with van der Waals surface area (Å²) < 4.78 is 11.2. The van der Waals surface area contributed by atoms with Crippen LogP contribution >= 0.6 is 0 Å². The van der Waals surface area contributed by atoms with Crippen LogP contribution in [0.4, 0.5) is 0 Å². The monoisotopic (exact) mass is 227 g/mol. The molecule has 0 radical (unpaired) electrons. The molecule has 2 rings (SSSR count). The van der Waals surface area contributed by atoms with Crippen LogP contribution in [0.25, 0.3) is 0 Å². The van der Waals surface area contributed by atoms with Gasteiger partial charge in [0.15, 0.2) is 5.79 Å². The fraction of sp³-hybridized carbons (Fsp3) is 1.00. The minimum absolute atomic E-state index is 0.322. The van der Waals surface area contributed by atoms with Crippen LogP contribution in [0, 0.1) is 0 Å². The van der Waals surface area contributed by atoms with E-state index < -0.39 is 0 Å². The average Bonchev–Trinajstić information content (AvgIpc) is 2.53. The van der Waals surface area contributed by atoms with Gasteiger partial charge in [-0.25, -0.2) is 0 Å². The van der Waals surface area contributed by atoms with E-state index in [4.69, 9.17) is 9.47 Å². The van der Waals surface area contributed by atoms with Crippen LogP contribution in [0.5, 0.6) is 0 Å².